The van der Waals surface area contributed by atoms with Crippen LogP contribution in [0.3, 0.4) is 0 Å². The van der Waals surface area contributed by atoms with Crippen LogP contribution >= 0.6 is 0 Å². The Kier molecular flexibility index (Phi) is 4.31. The zero-order valence-corrected chi connectivity index (χ0v) is 14.1. The topological polar surface area (TPSA) is 101 Å². The molecule has 2 aliphatic rings. The van der Waals surface area contributed by atoms with Crippen LogP contribution in [-0.4, -0.2) is 54.6 Å². The molecule has 130 valence electrons. The lowest BCUT2D eigenvalue weighted by Gasteiger charge is -2.34. The average Bonchev–Trinajstić information content (AvgIpc) is 3.31. The molecule has 3 rings (SSSR count). The Balaban J connectivity index is 1.70. The van der Waals surface area contributed by atoms with E-state index in [2.05, 4.69) is 0 Å². The molecule has 2 atom stereocenters. The van der Waals surface area contributed by atoms with Gasteiger partial charge in [0.15, 0.2) is 0 Å². The number of amides is 1. The molecule has 1 saturated heterocycles. The molecule has 0 N–H and O–H groups in total. The first kappa shape index (κ1) is 16.8. The Morgan fingerprint density at radius 3 is 2.42 bits per heavy atom. The van der Waals surface area contributed by atoms with E-state index in [4.69, 9.17) is 0 Å². The smallest absolute Gasteiger partial charge is 0.270 e. The molecule has 1 heterocycles. The maximum atomic E-state index is 12.6. The Hall–Kier alpha value is -2.00. The summed E-state index contributed by atoms with van der Waals surface area (Å²) in [6.07, 6.45) is 0.908. The first-order chi connectivity index (χ1) is 11.3. The van der Waals surface area contributed by atoms with Gasteiger partial charge in [-0.2, -0.15) is 4.31 Å². The number of carbonyl (C=O) groups excluding carboxylic acids is 1. The Morgan fingerprint density at radius 2 is 1.88 bits per heavy atom. The van der Waals surface area contributed by atoms with Gasteiger partial charge in [0, 0.05) is 44.2 Å². The molecule has 0 radical (unpaired) electrons. The van der Waals surface area contributed by atoms with Gasteiger partial charge in [-0.05, 0) is 18.4 Å². The fourth-order valence-corrected chi connectivity index (χ4v) is 4.42. The molecule has 1 amide bonds. The number of hydrogen-bond acceptors (Lipinski definition) is 5. The zero-order valence-electron chi connectivity index (χ0n) is 13.3. The zero-order chi connectivity index (χ0) is 17.5. The van der Waals surface area contributed by atoms with Gasteiger partial charge >= 0.3 is 0 Å². The Bertz CT molecular complexity index is 771. The first-order valence-corrected chi connectivity index (χ1v) is 9.28. The molecule has 9 heteroatoms. The number of nitrogens with zero attached hydrogens (tertiary/aromatic N) is 3. The molecule has 0 bridgehead atoms. The van der Waals surface area contributed by atoms with Crippen LogP contribution in [0.15, 0.2) is 29.2 Å². The second kappa shape index (κ2) is 6.14. The molecule has 2 fully saturated rings. The van der Waals surface area contributed by atoms with Crippen LogP contribution in [0.25, 0.3) is 0 Å². The van der Waals surface area contributed by atoms with Crippen LogP contribution in [0.1, 0.15) is 13.3 Å². The highest BCUT2D eigenvalue weighted by molar-refractivity contribution is 7.89. The van der Waals surface area contributed by atoms with Crippen molar-refractivity contribution in [3.63, 3.8) is 0 Å². The fourth-order valence-electron chi connectivity index (χ4n) is 2.96. The average molecular weight is 353 g/mol. The second-order valence-corrected chi connectivity index (χ2v) is 8.24. The van der Waals surface area contributed by atoms with Gasteiger partial charge in [-0.1, -0.05) is 13.0 Å². The van der Waals surface area contributed by atoms with E-state index in [1.165, 1.54) is 22.5 Å². The molecule has 1 aromatic carbocycles. The van der Waals surface area contributed by atoms with Gasteiger partial charge in [-0.3, -0.25) is 14.9 Å². The third kappa shape index (κ3) is 3.13. The maximum Gasteiger partial charge on any atom is 0.270 e. The summed E-state index contributed by atoms with van der Waals surface area (Å²) < 4.78 is 26.6. The van der Waals surface area contributed by atoms with E-state index in [0.717, 1.165) is 12.5 Å². The molecule has 1 aromatic rings. The molecular formula is C15H19N3O5S. The molecule has 24 heavy (non-hydrogen) atoms. The summed E-state index contributed by atoms with van der Waals surface area (Å²) in [6.45, 7) is 3.16. The van der Waals surface area contributed by atoms with Gasteiger partial charge in [-0.15, -0.1) is 0 Å². The van der Waals surface area contributed by atoms with Gasteiger partial charge in [0.05, 0.1) is 9.82 Å². The van der Waals surface area contributed by atoms with E-state index >= 15 is 0 Å². The van der Waals surface area contributed by atoms with E-state index in [9.17, 15) is 23.3 Å². The second-order valence-electron chi connectivity index (χ2n) is 6.30. The number of rotatable bonds is 4. The lowest BCUT2D eigenvalue weighted by molar-refractivity contribution is -0.385. The van der Waals surface area contributed by atoms with Crippen LogP contribution in [0, 0.1) is 22.0 Å². The van der Waals surface area contributed by atoms with Crippen molar-refractivity contribution in [3.8, 4) is 0 Å². The molecule has 1 saturated carbocycles. The van der Waals surface area contributed by atoms with Crippen molar-refractivity contribution in [1.29, 1.82) is 0 Å². The molecule has 2 unspecified atom stereocenters. The maximum absolute atomic E-state index is 12.6. The minimum Gasteiger partial charge on any atom is -0.340 e. The molecule has 0 aromatic heterocycles. The lowest BCUT2D eigenvalue weighted by Crippen LogP contribution is -2.51. The summed E-state index contributed by atoms with van der Waals surface area (Å²) in [5.74, 6) is 0.615. The molecular weight excluding hydrogens is 334 g/mol. The van der Waals surface area contributed by atoms with E-state index in [1.807, 2.05) is 6.92 Å². The van der Waals surface area contributed by atoms with E-state index in [1.54, 1.807) is 4.90 Å². The van der Waals surface area contributed by atoms with Crippen LogP contribution in [0.2, 0.25) is 0 Å². The minimum atomic E-state index is -3.79. The normalized spacial score (nSPS) is 24.6. The Labute approximate surface area is 140 Å². The van der Waals surface area contributed by atoms with E-state index in [-0.39, 0.29) is 35.5 Å². The number of nitro benzene ring substituents is 1. The van der Waals surface area contributed by atoms with Crippen molar-refractivity contribution in [1.82, 2.24) is 9.21 Å². The molecule has 1 aliphatic heterocycles. The molecule has 1 aliphatic carbocycles. The van der Waals surface area contributed by atoms with Crippen molar-refractivity contribution < 1.29 is 18.1 Å². The summed E-state index contributed by atoms with van der Waals surface area (Å²) >= 11 is 0. The van der Waals surface area contributed by atoms with Crippen molar-refractivity contribution in [2.45, 2.75) is 18.2 Å². The van der Waals surface area contributed by atoms with Gasteiger partial charge in [-0.25, -0.2) is 8.42 Å². The van der Waals surface area contributed by atoms with Gasteiger partial charge in [0.1, 0.15) is 0 Å². The van der Waals surface area contributed by atoms with Crippen molar-refractivity contribution >= 4 is 21.6 Å². The number of non-ortho nitro benzene ring substituents is 1. The quantitative estimate of drug-likeness (QED) is 0.595. The van der Waals surface area contributed by atoms with E-state index < -0.39 is 14.9 Å². The SMILES string of the molecule is CC1CC1C(=O)N1CCN(S(=O)(=O)c2cccc([N+](=O)[O-])c2)CC1. The predicted molar refractivity (Wildman–Crippen MR) is 85.7 cm³/mol. The highest BCUT2D eigenvalue weighted by Crippen LogP contribution is 2.39. The van der Waals surface area contributed by atoms with E-state index in [0.29, 0.717) is 19.0 Å². The van der Waals surface area contributed by atoms with Crippen LogP contribution in [-0.2, 0) is 14.8 Å². The number of piperazine rings is 1. The number of benzene rings is 1. The van der Waals surface area contributed by atoms with Gasteiger partial charge in [0.25, 0.3) is 5.69 Å². The fraction of sp³-hybridized carbons (Fsp3) is 0.533. The predicted octanol–water partition coefficient (Wildman–Crippen LogP) is 1.08. The summed E-state index contributed by atoms with van der Waals surface area (Å²) in [4.78, 5) is 24.0. The number of nitro groups is 1. The molecule has 8 nitrogen and oxygen atoms in total. The number of hydrogen-bond donors (Lipinski definition) is 0. The standard InChI is InChI=1S/C15H19N3O5S/c1-11-9-14(11)15(19)16-5-7-17(8-6-16)24(22,23)13-4-2-3-12(10-13)18(20)21/h2-4,10-11,14H,5-9H2,1H3. The monoisotopic (exact) mass is 353 g/mol. The first-order valence-electron chi connectivity index (χ1n) is 7.84. The third-order valence-corrected chi connectivity index (χ3v) is 6.54. The van der Waals surface area contributed by atoms with Crippen LogP contribution in [0.4, 0.5) is 5.69 Å². The van der Waals surface area contributed by atoms with Crippen molar-refractivity contribution in [2.75, 3.05) is 26.2 Å². The minimum absolute atomic E-state index is 0.0879. The summed E-state index contributed by atoms with van der Waals surface area (Å²) in [6, 6.07) is 5.04. The lowest BCUT2D eigenvalue weighted by atomic mass is 10.2. The summed E-state index contributed by atoms with van der Waals surface area (Å²) in [7, 11) is -3.79. The largest absolute Gasteiger partial charge is 0.340 e. The summed E-state index contributed by atoms with van der Waals surface area (Å²) in [5, 5.41) is 10.8. The van der Waals surface area contributed by atoms with Crippen LogP contribution < -0.4 is 0 Å². The van der Waals surface area contributed by atoms with Crippen molar-refractivity contribution in [3.05, 3.63) is 34.4 Å². The summed E-state index contributed by atoms with van der Waals surface area (Å²) in [5.41, 5.74) is -0.257. The highest BCUT2D eigenvalue weighted by Gasteiger charge is 2.42. The van der Waals surface area contributed by atoms with Crippen molar-refractivity contribution in [2.24, 2.45) is 11.8 Å². The highest BCUT2D eigenvalue weighted by atomic mass is 32.2. The van der Waals surface area contributed by atoms with Crippen LogP contribution in [0.5, 0.6) is 0 Å². The third-order valence-electron chi connectivity index (χ3n) is 4.64. The van der Waals surface area contributed by atoms with Gasteiger partial charge < -0.3 is 4.90 Å². The Morgan fingerprint density at radius 1 is 1.25 bits per heavy atom. The number of sulfonamides is 1. The van der Waals surface area contributed by atoms with Gasteiger partial charge in [0.2, 0.25) is 15.9 Å². The number of carbonyl (C=O) groups is 1. The molecule has 0 spiro atoms.